The van der Waals surface area contributed by atoms with Gasteiger partial charge >= 0.3 is 5.97 Å². The van der Waals surface area contributed by atoms with Crippen molar-refractivity contribution >= 4 is 17.7 Å². The van der Waals surface area contributed by atoms with E-state index < -0.39 is 5.97 Å². The average molecular weight is 342 g/mol. The van der Waals surface area contributed by atoms with Crippen molar-refractivity contribution in [3.05, 3.63) is 52.7 Å². The Kier molecular flexibility index (Phi) is 6.11. The molecule has 1 heterocycles. The lowest BCUT2D eigenvalue weighted by molar-refractivity contribution is -0.118. The summed E-state index contributed by atoms with van der Waals surface area (Å²) in [6.45, 7) is 7.80. The molecule has 0 saturated heterocycles. The number of benzene rings is 1. The molecule has 6 nitrogen and oxygen atoms in total. The third-order valence-corrected chi connectivity index (χ3v) is 3.66. The predicted octanol–water partition coefficient (Wildman–Crippen LogP) is 3.20. The predicted molar refractivity (Wildman–Crippen MR) is 95.0 cm³/mol. The zero-order valence-corrected chi connectivity index (χ0v) is 14.9. The van der Waals surface area contributed by atoms with E-state index >= 15 is 0 Å². The van der Waals surface area contributed by atoms with Gasteiger partial charge in [-0.25, -0.2) is 9.78 Å². The van der Waals surface area contributed by atoms with Crippen LogP contribution >= 0.6 is 0 Å². The first-order chi connectivity index (χ1) is 11.9. The van der Waals surface area contributed by atoms with E-state index in [2.05, 4.69) is 16.4 Å². The Morgan fingerprint density at radius 1 is 1.16 bits per heavy atom. The minimum atomic E-state index is -0.456. The molecule has 0 atom stereocenters. The number of nitrogens with zero attached hydrogens (tertiary/aromatic N) is 1. The van der Waals surface area contributed by atoms with E-state index in [0.29, 0.717) is 11.3 Å². The number of amides is 1. The molecule has 132 valence electrons. The van der Waals surface area contributed by atoms with E-state index in [1.165, 1.54) is 18.3 Å². The van der Waals surface area contributed by atoms with Crippen LogP contribution in [0.2, 0.25) is 0 Å². The Bertz CT molecular complexity index is 787. The number of hydrogen-bond donors (Lipinski definition) is 1. The Morgan fingerprint density at radius 3 is 2.64 bits per heavy atom. The van der Waals surface area contributed by atoms with Crippen molar-refractivity contribution in [2.24, 2.45) is 0 Å². The molecule has 2 rings (SSSR count). The SMILES string of the molecule is CCOC(=O)c1ccnc(NC(=O)COc2cc(C)cc(C)c2C)c1. The third-order valence-electron chi connectivity index (χ3n) is 3.66. The second-order valence-corrected chi connectivity index (χ2v) is 5.69. The molecule has 0 unspecified atom stereocenters. The summed E-state index contributed by atoms with van der Waals surface area (Å²) in [7, 11) is 0. The molecule has 0 spiro atoms. The number of nitrogens with one attached hydrogen (secondary N) is 1. The fourth-order valence-electron chi connectivity index (χ4n) is 2.31. The second kappa shape index (κ2) is 8.28. The molecule has 0 fully saturated rings. The molecular formula is C19H22N2O4. The Morgan fingerprint density at radius 2 is 1.92 bits per heavy atom. The van der Waals surface area contributed by atoms with Crippen molar-refractivity contribution < 1.29 is 19.1 Å². The van der Waals surface area contributed by atoms with E-state index in [0.717, 1.165) is 16.7 Å². The summed E-state index contributed by atoms with van der Waals surface area (Å²) < 4.78 is 10.5. The average Bonchev–Trinajstić information content (AvgIpc) is 2.57. The van der Waals surface area contributed by atoms with Crippen LogP contribution < -0.4 is 10.1 Å². The first kappa shape index (κ1) is 18.4. The van der Waals surface area contributed by atoms with Crippen LogP contribution in [0, 0.1) is 20.8 Å². The number of anilines is 1. The summed E-state index contributed by atoms with van der Waals surface area (Å²) in [5.74, 6) is 0.145. The van der Waals surface area contributed by atoms with Gasteiger partial charge in [-0.15, -0.1) is 0 Å². The quantitative estimate of drug-likeness (QED) is 0.816. The first-order valence-electron chi connectivity index (χ1n) is 8.04. The maximum atomic E-state index is 12.1. The lowest BCUT2D eigenvalue weighted by Gasteiger charge is -2.12. The number of aryl methyl sites for hydroxylation is 2. The summed E-state index contributed by atoms with van der Waals surface area (Å²) in [5, 5.41) is 2.62. The van der Waals surface area contributed by atoms with Gasteiger partial charge in [-0.2, -0.15) is 0 Å². The highest BCUT2D eigenvalue weighted by Crippen LogP contribution is 2.23. The van der Waals surface area contributed by atoms with Gasteiger partial charge < -0.3 is 14.8 Å². The summed E-state index contributed by atoms with van der Waals surface area (Å²) in [5.41, 5.74) is 3.51. The number of carbonyl (C=O) groups excluding carboxylic acids is 2. The number of aromatic nitrogens is 1. The van der Waals surface area contributed by atoms with Crippen molar-refractivity contribution in [1.82, 2.24) is 4.98 Å². The minimum absolute atomic E-state index is 0.144. The lowest BCUT2D eigenvalue weighted by Crippen LogP contribution is -2.21. The van der Waals surface area contributed by atoms with Gasteiger partial charge in [-0.3, -0.25) is 4.79 Å². The molecule has 0 saturated carbocycles. The Balaban J connectivity index is 1.99. The number of pyridine rings is 1. The lowest BCUT2D eigenvalue weighted by atomic mass is 10.1. The van der Waals surface area contributed by atoms with Crippen LogP contribution in [0.4, 0.5) is 5.82 Å². The molecule has 1 amide bonds. The number of carbonyl (C=O) groups is 2. The van der Waals surface area contributed by atoms with E-state index in [-0.39, 0.29) is 24.9 Å². The molecule has 0 aliphatic rings. The van der Waals surface area contributed by atoms with Crippen LogP contribution in [-0.4, -0.2) is 30.1 Å². The van der Waals surface area contributed by atoms with Gasteiger partial charge in [0.05, 0.1) is 12.2 Å². The van der Waals surface area contributed by atoms with Gasteiger partial charge in [0.1, 0.15) is 11.6 Å². The van der Waals surface area contributed by atoms with E-state index in [1.54, 1.807) is 6.92 Å². The van der Waals surface area contributed by atoms with Gasteiger partial charge in [0, 0.05) is 6.20 Å². The highest BCUT2D eigenvalue weighted by molar-refractivity contribution is 5.94. The molecule has 1 aromatic carbocycles. The van der Waals surface area contributed by atoms with Gasteiger partial charge in [-0.05, 0) is 62.6 Å². The summed E-state index contributed by atoms with van der Waals surface area (Å²) in [4.78, 5) is 27.8. The van der Waals surface area contributed by atoms with Crippen molar-refractivity contribution in [3.63, 3.8) is 0 Å². The van der Waals surface area contributed by atoms with E-state index in [1.807, 2.05) is 26.8 Å². The molecule has 1 N–H and O–H groups in total. The zero-order valence-electron chi connectivity index (χ0n) is 14.9. The van der Waals surface area contributed by atoms with Crippen LogP contribution in [0.15, 0.2) is 30.5 Å². The van der Waals surface area contributed by atoms with Crippen LogP contribution in [0.25, 0.3) is 0 Å². The van der Waals surface area contributed by atoms with Crippen LogP contribution in [-0.2, 0) is 9.53 Å². The number of rotatable bonds is 6. The Labute approximate surface area is 147 Å². The summed E-state index contributed by atoms with van der Waals surface area (Å²) in [6.07, 6.45) is 1.44. The fourth-order valence-corrected chi connectivity index (χ4v) is 2.31. The summed E-state index contributed by atoms with van der Waals surface area (Å²) in [6, 6.07) is 6.96. The molecule has 0 bridgehead atoms. The van der Waals surface area contributed by atoms with E-state index in [4.69, 9.17) is 9.47 Å². The second-order valence-electron chi connectivity index (χ2n) is 5.69. The largest absolute Gasteiger partial charge is 0.483 e. The molecule has 2 aromatic rings. The number of ether oxygens (including phenoxy) is 2. The van der Waals surface area contributed by atoms with Crippen LogP contribution in [0.3, 0.4) is 0 Å². The fraction of sp³-hybridized carbons (Fsp3) is 0.316. The number of esters is 1. The number of hydrogen-bond acceptors (Lipinski definition) is 5. The van der Waals surface area contributed by atoms with Crippen LogP contribution in [0.5, 0.6) is 5.75 Å². The minimum Gasteiger partial charge on any atom is -0.483 e. The van der Waals surface area contributed by atoms with Crippen molar-refractivity contribution in [1.29, 1.82) is 0 Å². The van der Waals surface area contributed by atoms with Crippen molar-refractivity contribution in [2.45, 2.75) is 27.7 Å². The van der Waals surface area contributed by atoms with Crippen LogP contribution in [0.1, 0.15) is 34.0 Å². The van der Waals surface area contributed by atoms with Gasteiger partial charge in [0.25, 0.3) is 5.91 Å². The first-order valence-corrected chi connectivity index (χ1v) is 8.04. The maximum absolute atomic E-state index is 12.1. The maximum Gasteiger partial charge on any atom is 0.338 e. The monoisotopic (exact) mass is 342 g/mol. The topological polar surface area (TPSA) is 77.5 Å². The molecular weight excluding hydrogens is 320 g/mol. The molecule has 0 radical (unpaired) electrons. The Hall–Kier alpha value is -2.89. The normalized spacial score (nSPS) is 10.2. The molecule has 25 heavy (non-hydrogen) atoms. The van der Waals surface area contributed by atoms with Crippen molar-refractivity contribution in [3.8, 4) is 5.75 Å². The third kappa shape index (κ3) is 5.04. The smallest absolute Gasteiger partial charge is 0.338 e. The molecule has 1 aromatic heterocycles. The highest BCUT2D eigenvalue weighted by atomic mass is 16.5. The van der Waals surface area contributed by atoms with Gasteiger partial charge in [-0.1, -0.05) is 6.07 Å². The van der Waals surface area contributed by atoms with Crippen molar-refractivity contribution in [2.75, 3.05) is 18.5 Å². The molecule has 6 heteroatoms. The molecule has 0 aliphatic heterocycles. The van der Waals surface area contributed by atoms with E-state index in [9.17, 15) is 9.59 Å². The zero-order chi connectivity index (χ0) is 18.4. The highest BCUT2D eigenvalue weighted by Gasteiger charge is 2.11. The van der Waals surface area contributed by atoms with Gasteiger partial charge in [0.15, 0.2) is 6.61 Å². The molecule has 0 aliphatic carbocycles. The van der Waals surface area contributed by atoms with Gasteiger partial charge in [0.2, 0.25) is 0 Å². The standard InChI is InChI=1S/C19H22N2O4/c1-5-24-19(23)15-6-7-20-17(10-15)21-18(22)11-25-16-9-12(2)8-13(3)14(16)4/h6-10H,5,11H2,1-4H3,(H,20,21,22). The summed E-state index contributed by atoms with van der Waals surface area (Å²) >= 11 is 0.